The number of pyridine rings is 1. The van der Waals surface area contributed by atoms with Crippen LogP contribution in [-0.2, 0) is 0 Å². The quantitative estimate of drug-likeness (QED) is 0.585. The minimum absolute atomic E-state index is 0.0990. The molecule has 0 bridgehead atoms. The highest BCUT2D eigenvalue weighted by atomic mass is 32.2. The first kappa shape index (κ1) is 15.1. The number of hydrogen-bond acceptors (Lipinski definition) is 5. The summed E-state index contributed by atoms with van der Waals surface area (Å²) in [5.41, 5.74) is 4.52. The van der Waals surface area contributed by atoms with Crippen molar-refractivity contribution in [2.45, 2.75) is 43.9 Å². The minimum atomic E-state index is -0.0990. The van der Waals surface area contributed by atoms with E-state index in [1.165, 1.54) is 12.8 Å². The van der Waals surface area contributed by atoms with Gasteiger partial charge in [-0.2, -0.15) is 11.8 Å². The summed E-state index contributed by atoms with van der Waals surface area (Å²) in [5.74, 6) is 5.37. The van der Waals surface area contributed by atoms with Crippen LogP contribution in [0.25, 0.3) is 0 Å². The van der Waals surface area contributed by atoms with Crippen LogP contribution in [0.1, 0.15) is 41.7 Å². The highest BCUT2D eigenvalue weighted by Gasteiger charge is 2.23. The molecule has 0 aromatic carbocycles. The van der Waals surface area contributed by atoms with Crippen molar-refractivity contribution in [3.63, 3.8) is 0 Å². The molecule has 4 N–H and O–H groups in total. The molecule has 2 rings (SSSR count). The number of hydrogen-bond donors (Lipinski definition) is 3. The van der Waals surface area contributed by atoms with Crippen molar-refractivity contribution in [3.05, 3.63) is 23.5 Å². The van der Waals surface area contributed by atoms with E-state index in [-0.39, 0.29) is 11.9 Å². The molecule has 5 nitrogen and oxygen atoms in total. The lowest BCUT2D eigenvalue weighted by Gasteiger charge is -2.28. The van der Waals surface area contributed by atoms with Gasteiger partial charge in [0, 0.05) is 23.2 Å². The van der Waals surface area contributed by atoms with E-state index in [9.17, 15) is 4.79 Å². The molecule has 0 spiro atoms. The zero-order valence-electron chi connectivity index (χ0n) is 12.0. The second-order valence-electron chi connectivity index (χ2n) is 5.20. The molecular weight excluding hydrogens is 272 g/mol. The van der Waals surface area contributed by atoms with Gasteiger partial charge in [-0.3, -0.25) is 15.6 Å². The van der Waals surface area contributed by atoms with Gasteiger partial charge in [0.25, 0.3) is 5.91 Å². The Morgan fingerprint density at radius 2 is 2.10 bits per heavy atom. The van der Waals surface area contributed by atoms with Gasteiger partial charge in [0.15, 0.2) is 0 Å². The number of aromatic nitrogens is 1. The third-order valence-corrected chi connectivity index (χ3v) is 4.92. The first-order valence-electron chi connectivity index (χ1n) is 6.91. The summed E-state index contributed by atoms with van der Waals surface area (Å²) in [4.78, 5) is 16.5. The molecule has 1 aliphatic carbocycles. The number of amides is 1. The smallest absolute Gasteiger partial charge is 0.255 e. The Hall–Kier alpha value is -1.27. The van der Waals surface area contributed by atoms with Gasteiger partial charge in [0.2, 0.25) is 0 Å². The Kier molecular flexibility index (Phi) is 5.25. The Bertz CT molecular complexity index is 472. The predicted octanol–water partition coefficient (Wildman–Crippen LogP) is 2.08. The number of anilines is 1. The number of nitrogens with zero attached hydrogens (tertiary/aromatic N) is 1. The van der Waals surface area contributed by atoms with Crippen molar-refractivity contribution in [1.29, 1.82) is 0 Å². The molecule has 1 saturated carbocycles. The second kappa shape index (κ2) is 6.95. The molecule has 0 unspecified atom stereocenters. The van der Waals surface area contributed by atoms with Crippen LogP contribution < -0.4 is 16.6 Å². The SMILES string of the molecule is CSC1CCC(NC(=O)c2cnc(C)cc2NN)CC1. The number of nitrogen functional groups attached to an aromatic ring is 1. The van der Waals surface area contributed by atoms with Crippen LogP contribution in [-0.4, -0.2) is 28.4 Å². The lowest BCUT2D eigenvalue weighted by atomic mass is 9.94. The molecule has 0 saturated heterocycles. The number of thioether (sulfide) groups is 1. The Balaban J connectivity index is 1.98. The van der Waals surface area contributed by atoms with Gasteiger partial charge in [-0.05, 0) is 44.9 Å². The number of rotatable bonds is 4. The molecule has 1 amide bonds. The van der Waals surface area contributed by atoms with E-state index in [0.717, 1.165) is 23.8 Å². The van der Waals surface area contributed by atoms with Gasteiger partial charge in [-0.1, -0.05) is 0 Å². The lowest BCUT2D eigenvalue weighted by molar-refractivity contribution is 0.0928. The zero-order valence-corrected chi connectivity index (χ0v) is 12.8. The molecule has 20 heavy (non-hydrogen) atoms. The van der Waals surface area contributed by atoms with E-state index in [4.69, 9.17) is 5.84 Å². The lowest BCUT2D eigenvalue weighted by Crippen LogP contribution is -2.38. The van der Waals surface area contributed by atoms with E-state index >= 15 is 0 Å². The first-order chi connectivity index (χ1) is 9.63. The van der Waals surface area contributed by atoms with E-state index < -0.39 is 0 Å². The fourth-order valence-corrected chi connectivity index (χ4v) is 3.31. The minimum Gasteiger partial charge on any atom is -0.349 e. The summed E-state index contributed by atoms with van der Waals surface area (Å²) in [6.45, 7) is 1.87. The van der Waals surface area contributed by atoms with E-state index in [1.807, 2.05) is 18.7 Å². The van der Waals surface area contributed by atoms with Crippen molar-refractivity contribution < 1.29 is 4.79 Å². The van der Waals surface area contributed by atoms with Crippen LogP contribution in [0.3, 0.4) is 0 Å². The summed E-state index contributed by atoms with van der Waals surface area (Å²) < 4.78 is 0. The van der Waals surface area contributed by atoms with E-state index in [0.29, 0.717) is 11.3 Å². The molecule has 1 aromatic rings. The topological polar surface area (TPSA) is 80.0 Å². The third-order valence-electron chi connectivity index (χ3n) is 3.78. The van der Waals surface area contributed by atoms with Crippen molar-refractivity contribution in [2.75, 3.05) is 11.7 Å². The second-order valence-corrected chi connectivity index (χ2v) is 6.34. The third kappa shape index (κ3) is 3.64. The molecule has 1 heterocycles. The van der Waals surface area contributed by atoms with Crippen LogP contribution in [0.15, 0.2) is 12.3 Å². The van der Waals surface area contributed by atoms with Gasteiger partial charge in [0.1, 0.15) is 0 Å². The number of hydrazine groups is 1. The van der Waals surface area contributed by atoms with Gasteiger partial charge < -0.3 is 10.7 Å². The number of nitrogens with one attached hydrogen (secondary N) is 2. The molecule has 0 radical (unpaired) electrons. The van der Waals surface area contributed by atoms with Crippen LogP contribution in [0.2, 0.25) is 0 Å². The van der Waals surface area contributed by atoms with Crippen LogP contribution in [0.5, 0.6) is 0 Å². The summed E-state index contributed by atoms with van der Waals surface area (Å²) >= 11 is 1.92. The normalized spacial score (nSPS) is 22.4. The standard InChI is InChI=1S/C14H22N4OS/c1-9-7-13(18-15)12(8-16-9)14(19)17-10-3-5-11(20-2)6-4-10/h7-8,10-11H,3-6,15H2,1-2H3,(H,16,18)(H,17,19). The molecular formula is C14H22N4OS. The zero-order chi connectivity index (χ0) is 14.5. The number of carbonyl (C=O) groups excluding carboxylic acids is 1. The van der Waals surface area contributed by atoms with Crippen molar-refractivity contribution in [3.8, 4) is 0 Å². The maximum Gasteiger partial charge on any atom is 0.255 e. The van der Waals surface area contributed by atoms with Crippen LogP contribution >= 0.6 is 11.8 Å². The van der Waals surface area contributed by atoms with E-state index in [1.54, 1.807) is 12.3 Å². The highest BCUT2D eigenvalue weighted by Crippen LogP contribution is 2.27. The summed E-state index contributed by atoms with van der Waals surface area (Å²) in [7, 11) is 0. The van der Waals surface area contributed by atoms with Crippen molar-refractivity contribution in [2.24, 2.45) is 5.84 Å². The molecule has 1 aromatic heterocycles. The number of nitrogens with two attached hydrogens (primary N) is 1. The van der Waals surface area contributed by atoms with Gasteiger partial charge in [0.05, 0.1) is 11.3 Å². The van der Waals surface area contributed by atoms with Crippen LogP contribution in [0.4, 0.5) is 5.69 Å². The van der Waals surface area contributed by atoms with Gasteiger partial charge in [-0.15, -0.1) is 0 Å². The van der Waals surface area contributed by atoms with Crippen molar-refractivity contribution in [1.82, 2.24) is 10.3 Å². The number of carbonyl (C=O) groups is 1. The molecule has 1 fully saturated rings. The average molecular weight is 294 g/mol. The Morgan fingerprint density at radius 3 is 2.70 bits per heavy atom. The molecule has 6 heteroatoms. The van der Waals surface area contributed by atoms with Crippen molar-refractivity contribution >= 4 is 23.4 Å². The average Bonchev–Trinajstić information content (AvgIpc) is 2.47. The Morgan fingerprint density at radius 1 is 1.40 bits per heavy atom. The summed E-state index contributed by atoms with van der Waals surface area (Å²) in [6.07, 6.45) is 8.15. The Labute approximate surface area is 124 Å². The molecule has 0 aliphatic heterocycles. The summed E-state index contributed by atoms with van der Waals surface area (Å²) in [5, 5.41) is 3.83. The van der Waals surface area contributed by atoms with E-state index in [2.05, 4.69) is 22.0 Å². The molecule has 1 aliphatic rings. The predicted molar refractivity (Wildman–Crippen MR) is 83.8 cm³/mol. The largest absolute Gasteiger partial charge is 0.349 e. The maximum absolute atomic E-state index is 12.3. The van der Waals surface area contributed by atoms with Gasteiger partial charge >= 0.3 is 0 Å². The summed E-state index contributed by atoms with van der Waals surface area (Å²) in [6, 6.07) is 2.04. The first-order valence-corrected chi connectivity index (χ1v) is 8.19. The number of aryl methyl sites for hydroxylation is 1. The van der Waals surface area contributed by atoms with Gasteiger partial charge in [-0.25, -0.2) is 0 Å². The molecule has 0 atom stereocenters. The maximum atomic E-state index is 12.3. The fraction of sp³-hybridized carbons (Fsp3) is 0.571. The monoisotopic (exact) mass is 294 g/mol. The highest BCUT2D eigenvalue weighted by molar-refractivity contribution is 7.99. The van der Waals surface area contributed by atoms with Crippen LogP contribution in [0, 0.1) is 6.92 Å². The fourth-order valence-electron chi connectivity index (χ4n) is 2.57. The molecule has 110 valence electrons.